The van der Waals surface area contributed by atoms with Crippen LogP contribution in [-0.2, 0) is 18.0 Å². The maximum absolute atomic E-state index is 13.7. The zero-order chi connectivity index (χ0) is 13.7. The van der Waals surface area contributed by atoms with Crippen molar-refractivity contribution in [1.82, 2.24) is 0 Å². The minimum absolute atomic E-state index is 0.120. The molecule has 0 bridgehead atoms. The number of oxime groups is 1. The van der Waals surface area contributed by atoms with Crippen LogP contribution in [0.1, 0.15) is 16.0 Å². The molecule has 0 radical (unpaired) electrons. The van der Waals surface area contributed by atoms with Gasteiger partial charge in [-0.25, -0.2) is 4.39 Å². The van der Waals surface area contributed by atoms with Crippen LogP contribution in [0.15, 0.2) is 40.9 Å². The van der Waals surface area contributed by atoms with Crippen molar-refractivity contribution in [2.75, 3.05) is 0 Å². The van der Waals surface area contributed by atoms with Crippen molar-refractivity contribution < 1.29 is 14.3 Å². The molecule has 0 amide bonds. The van der Waals surface area contributed by atoms with Crippen molar-refractivity contribution in [1.29, 1.82) is 0 Å². The van der Waals surface area contributed by atoms with Gasteiger partial charge in [-0.15, -0.1) is 11.3 Å². The largest absolute Gasteiger partial charge is 0.409 e. The highest BCUT2D eigenvalue weighted by molar-refractivity contribution is 7.09. The van der Waals surface area contributed by atoms with Gasteiger partial charge in [-0.05, 0) is 17.5 Å². The molecule has 2 rings (SSSR count). The summed E-state index contributed by atoms with van der Waals surface area (Å²) in [5.41, 5.74) is 6.15. The zero-order valence-corrected chi connectivity index (χ0v) is 10.9. The predicted octanol–water partition coefficient (Wildman–Crippen LogP) is 2.70. The summed E-state index contributed by atoms with van der Waals surface area (Å²) >= 11 is 1.59. The van der Waals surface area contributed by atoms with Crippen LogP contribution in [0.4, 0.5) is 4.39 Å². The quantitative estimate of drug-likeness (QED) is 0.383. The molecule has 1 heterocycles. The fraction of sp³-hybridized carbons (Fsp3) is 0.154. The standard InChI is InChI=1S/C13H13FN2O2S/c14-12-6-9(13(15)16-17)3-4-10(12)7-18-8-11-2-1-5-19-11/h1-6,17H,7-8H2,(H2,15,16). The molecule has 0 spiro atoms. The third-order valence-electron chi connectivity index (χ3n) is 2.54. The Morgan fingerprint density at radius 1 is 1.37 bits per heavy atom. The molecule has 6 heteroatoms. The molecule has 1 aromatic heterocycles. The molecule has 0 aliphatic carbocycles. The monoisotopic (exact) mass is 280 g/mol. The summed E-state index contributed by atoms with van der Waals surface area (Å²) in [6.07, 6.45) is 0. The number of halogens is 1. The van der Waals surface area contributed by atoms with Crippen LogP contribution in [0.25, 0.3) is 0 Å². The van der Waals surface area contributed by atoms with Gasteiger partial charge in [0.15, 0.2) is 5.84 Å². The van der Waals surface area contributed by atoms with Crippen LogP contribution in [0.2, 0.25) is 0 Å². The first-order valence-corrected chi connectivity index (χ1v) is 6.45. The fourth-order valence-electron chi connectivity index (χ4n) is 1.54. The van der Waals surface area contributed by atoms with E-state index in [0.29, 0.717) is 17.7 Å². The van der Waals surface area contributed by atoms with Gasteiger partial charge in [0.25, 0.3) is 0 Å². The molecule has 3 N–H and O–H groups in total. The lowest BCUT2D eigenvalue weighted by atomic mass is 10.1. The lowest BCUT2D eigenvalue weighted by molar-refractivity contribution is 0.107. The van der Waals surface area contributed by atoms with Crippen molar-refractivity contribution in [3.63, 3.8) is 0 Å². The van der Waals surface area contributed by atoms with Crippen molar-refractivity contribution >= 4 is 17.2 Å². The van der Waals surface area contributed by atoms with Crippen molar-refractivity contribution in [3.05, 3.63) is 57.5 Å². The van der Waals surface area contributed by atoms with Crippen molar-refractivity contribution in [2.45, 2.75) is 13.2 Å². The van der Waals surface area contributed by atoms with Gasteiger partial charge >= 0.3 is 0 Å². The molecule has 0 atom stereocenters. The van der Waals surface area contributed by atoms with Gasteiger partial charge in [-0.1, -0.05) is 23.4 Å². The second-order valence-corrected chi connectivity index (χ2v) is 4.90. The Hall–Kier alpha value is -1.92. The molecular weight excluding hydrogens is 267 g/mol. The molecule has 0 unspecified atom stereocenters. The van der Waals surface area contributed by atoms with Crippen molar-refractivity contribution in [3.8, 4) is 0 Å². The smallest absolute Gasteiger partial charge is 0.170 e. The van der Waals surface area contributed by atoms with Crippen LogP contribution in [0.3, 0.4) is 0 Å². The number of amidine groups is 1. The van der Waals surface area contributed by atoms with Gasteiger partial charge in [0.2, 0.25) is 0 Å². The summed E-state index contributed by atoms with van der Waals surface area (Å²) in [5.74, 6) is -0.555. The highest BCUT2D eigenvalue weighted by atomic mass is 32.1. The number of nitrogens with zero attached hydrogens (tertiary/aromatic N) is 1. The molecule has 2 aromatic rings. The number of hydrogen-bond acceptors (Lipinski definition) is 4. The third-order valence-corrected chi connectivity index (χ3v) is 3.39. The molecule has 0 saturated heterocycles. The Bertz CT molecular complexity index is 570. The maximum atomic E-state index is 13.7. The summed E-state index contributed by atoms with van der Waals surface area (Å²) < 4.78 is 19.2. The number of thiophene rings is 1. The van der Waals surface area contributed by atoms with E-state index in [1.807, 2.05) is 17.5 Å². The van der Waals surface area contributed by atoms with Crippen LogP contribution in [0.5, 0.6) is 0 Å². The van der Waals surface area contributed by atoms with E-state index >= 15 is 0 Å². The number of ether oxygens (including phenoxy) is 1. The molecule has 0 aliphatic rings. The second kappa shape index (κ2) is 6.31. The van der Waals surface area contributed by atoms with Gasteiger partial charge in [0.1, 0.15) is 5.82 Å². The predicted molar refractivity (Wildman–Crippen MR) is 71.7 cm³/mol. The van der Waals surface area contributed by atoms with Crippen LogP contribution in [-0.4, -0.2) is 11.0 Å². The Kier molecular flexibility index (Phi) is 4.48. The van der Waals surface area contributed by atoms with Gasteiger partial charge < -0.3 is 15.7 Å². The fourth-order valence-corrected chi connectivity index (χ4v) is 2.18. The summed E-state index contributed by atoms with van der Waals surface area (Å²) in [6, 6.07) is 8.27. The normalized spacial score (nSPS) is 11.7. The molecule has 1 aromatic carbocycles. The first-order chi connectivity index (χ1) is 9.20. The molecule has 19 heavy (non-hydrogen) atoms. The Balaban J connectivity index is 1.97. The van der Waals surface area contributed by atoms with E-state index in [4.69, 9.17) is 15.7 Å². The molecule has 4 nitrogen and oxygen atoms in total. The number of hydrogen-bond donors (Lipinski definition) is 2. The highest BCUT2D eigenvalue weighted by Crippen LogP contribution is 2.14. The molecular formula is C13H13FN2O2S. The summed E-state index contributed by atoms with van der Waals surface area (Å²) in [6.45, 7) is 0.638. The van der Waals surface area contributed by atoms with E-state index < -0.39 is 5.82 Å². The van der Waals surface area contributed by atoms with E-state index in [2.05, 4.69) is 5.16 Å². The highest BCUT2D eigenvalue weighted by Gasteiger charge is 2.07. The van der Waals surface area contributed by atoms with Gasteiger partial charge in [0.05, 0.1) is 13.2 Å². The Morgan fingerprint density at radius 2 is 2.21 bits per heavy atom. The van der Waals surface area contributed by atoms with E-state index in [1.54, 1.807) is 23.5 Å². The van der Waals surface area contributed by atoms with E-state index in [9.17, 15) is 4.39 Å². The number of nitrogens with two attached hydrogens (primary N) is 1. The van der Waals surface area contributed by atoms with Gasteiger partial charge in [0, 0.05) is 16.0 Å². The minimum atomic E-state index is -0.435. The molecule has 100 valence electrons. The molecule has 0 fully saturated rings. The molecule has 0 saturated carbocycles. The van der Waals surface area contributed by atoms with Crippen LogP contribution >= 0.6 is 11.3 Å². The lowest BCUT2D eigenvalue weighted by Crippen LogP contribution is -2.13. The van der Waals surface area contributed by atoms with E-state index in [-0.39, 0.29) is 12.4 Å². The van der Waals surface area contributed by atoms with Gasteiger partial charge in [-0.2, -0.15) is 0 Å². The average molecular weight is 280 g/mol. The summed E-state index contributed by atoms with van der Waals surface area (Å²) in [5, 5.41) is 13.3. The Labute approximate surface area is 113 Å². The zero-order valence-electron chi connectivity index (χ0n) is 10.0. The van der Waals surface area contributed by atoms with E-state index in [0.717, 1.165) is 4.88 Å². The topological polar surface area (TPSA) is 67.8 Å². The first-order valence-electron chi connectivity index (χ1n) is 5.57. The van der Waals surface area contributed by atoms with Crippen LogP contribution in [0, 0.1) is 5.82 Å². The molecule has 0 aliphatic heterocycles. The second-order valence-electron chi connectivity index (χ2n) is 3.86. The summed E-state index contributed by atoms with van der Waals surface area (Å²) in [4.78, 5) is 1.09. The summed E-state index contributed by atoms with van der Waals surface area (Å²) in [7, 11) is 0. The van der Waals surface area contributed by atoms with Crippen molar-refractivity contribution in [2.24, 2.45) is 10.9 Å². The number of rotatable bonds is 5. The average Bonchev–Trinajstić information content (AvgIpc) is 2.93. The van der Waals surface area contributed by atoms with Crippen LogP contribution < -0.4 is 5.73 Å². The maximum Gasteiger partial charge on any atom is 0.170 e. The Morgan fingerprint density at radius 3 is 2.84 bits per heavy atom. The van der Waals surface area contributed by atoms with Gasteiger partial charge in [-0.3, -0.25) is 0 Å². The minimum Gasteiger partial charge on any atom is -0.409 e. The lowest BCUT2D eigenvalue weighted by Gasteiger charge is -2.06. The SMILES string of the molecule is NC(=NO)c1ccc(COCc2cccs2)c(F)c1. The number of benzene rings is 1. The first kappa shape index (κ1) is 13.5. The third kappa shape index (κ3) is 3.52. The van der Waals surface area contributed by atoms with E-state index in [1.165, 1.54) is 6.07 Å².